The molecule has 2 nitrogen and oxygen atoms in total. The smallest absolute Gasteiger partial charge is 0.0664 e. The van der Waals surface area contributed by atoms with Crippen molar-refractivity contribution in [1.82, 2.24) is 5.32 Å². The summed E-state index contributed by atoms with van der Waals surface area (Å²) < 4.78 is 5.52. The molecule has 2 unspecified atom stereocenters. The molecule has 2 atom stereocenters. The van der Waals surface area contributed by atoms with Gasteiger partial charge in [0.05, 0.1) is 6.10 Å². The van der Waals surface area contributed by atoms with Crippen molar-refractivity contribution in [2.24, 2.45) is 0 Å². The van der Waals surface area contributed by atoms with Gasteiger partial charge in [0.2, 0.25) is 0 Å². The van der Waals surface area contributed by atoms with Crippen molar-refractivity contribution in [2.75, 3.05) is 20.2 Å². The third-order valence-corrected chi connectivity index (χ3v) is 2.95. The molecular formula is C12H18ClNO. The molecule has 0 radical (unpaired) electrons. The third-order valence-electron chi connectivity index (χ3n) is 2.95. The van der Waals surface area contributed by atoms with Crippen LogP contribution in [-0.2, 0) is 4.74 Å². The first-order chi connectivity index (χ1) is 6.92. The van der Waals surface area contributed by atoms with Gasteiger partial charge in [0.1, 0.15) is 0 Å². The van der Waals surface area contributed by atoms with Gasteiger partial charge >= 0.3 is 0 Å². The Morgan fingerprint density at radius 3 is 2.67 bits per heavy atom. The highest BCUT2D eigenvalue weighted by Gasteiger charge is 2.25. The first kappa shape index (κ1) is 12.5. The van der Waals surface area contributed by atoms with Gasteiger partial charge in [-0.3, -0.25) is 0 Å². The standard InChI is InChI=1S/C12H17NO.ClH/c1-14-12-7-8-13-9-11(12)10-5-3-2-4-6-10;/h2-6,11-13H,7-9H2,1H3;1H. The average molecular weight is 228 g/mol. The second-order valence-corrected chi connectivity index (χ2v) is 3.78. The van der Waals surface area contributed by atoms with Crippen LogP contribution in [0.1, 0.15) is 17.9 Å². The van der Waals surface area contributed by atoms with Crippen LogP contribution in [0.2, 0.25) is 0 Å². The van der Waals surface area contributed by atoms with E-state index in [4.69, 9.17) is 4.74 Å². The molecule has 1 N–H and O–H groups in total. The van der Waals surface area contributed by atoms with Crippen molar-refractivity contribution in [2.45, 2.75) is 18.4 Å². The molecule has 1 aliphatic rings. The number of ether oxygens (including phenoxy) is 1. The first-order valence-electron chi connectivity index (χ1n) is 5.20. The minimum atomic E-state index is 0. The maximum atomic E-state index is 5.52. The molecule has 2 rings (SSSR count). The summed E-state index contributed by atoms with van der Waals surface area (Å²) in [6.07, 6.45) is 1.48. The van der Waals surface area contributed by atoms with E-state index in [2.05, 4.69) is 35.6 Å². The van der Waals surface area contributed by atoms with Crippen LogP contribution < -0.4 is 5.32 Å². The average Bonchev–Trinajstić information content (AvgIpc) is 2.30. The minimum absolute atomic E-state index is 0. The molecule has 0 aromatic heterocycles. The SMILES string of the molecule is COC1CCNCC1c1ccccc1.Cl. The van der Waals surface area contributed by atoms with Gasteiger partial charge in [-0.2, -0.15) is 0 Å². The Hall–Kier alpha value is -0.570. The van der Waals surface area contributed by atoms with E-state index in [-0.39, 0.29) is 12.4 Å². The zero-order valence-electron chi connectivity index (χ0n) is 8.98. The normalized spacial score (nSPS) is 25.7. The van der Waals surface area contributed by atoms with Gasteiger partial charge in [0, 0.05) is 19.6 Å². The van der Waals surface area contributed by atoms with Crippen LogP contribution in [0.15, 0.2) is 30.3 Å². The molecule has 1 aromatic carbocycles. The van der Waals surface area contributed by atoms with Gasteiger partial charge in [0.25, 0.3) is 0 Å². The highest BCUT2D eigenvalue weighted by atomic mass is 35.5. The van der Waals surface area contributed by atoms with Gasteiger partial charge in [-0.05, 0) is 18.5 Å². The van der Waals surface area contributed by atoms with Crippen molar-refractivity contribution >= 4 is 12.4 Å². The van der Waals surface area contributed by atoms with Crippen molar-refractivity contribution < 1.29 is 4.74 Å². The quantitative estimate of drug-likeness (QED) is 0.837. The Balaban J connectivity index is 0.00000112. The molecule has 1 fully saturated rings. The number of piperidine rings is 1. The summed E-state index contributed by atoms with van der Waals surface area (Å²) in [6.45, 7) is 2.10. The second kappa shape index (κ2) is 6.11. The molecule has 0 spiro atoms. The Morgan fingerprint density at radius 1 is 1.27 bits per heavy atom. The molecule has 1 aromatic rings. The van der Waals surface area contributed by atoms with E-state index in [1.165, 1.54) is 5.56 Å². The highest BCUT2D eigenvalue weighted by molar-refractivity contribution is 5.85. The minimum Gasteiger partial charge on any atom is -0.381 e. The maximum absolute atomic E-state index is 5.52. The lowest BCUT2D eigenvalue weighted by Crippen LogP contribution is -2.39. The van der Waals surface area contributed by atoms with Crippen LogP contribution in [0.25, 0.3) is 0 Å². The second-order valence-electron chi connectivity index (χ2n) is 3.78. The van der Waals surface area contributed by atoms with Crippen LogP contribution in [0.5, 0.6) is 0 Å². The van der Waals surface area contributed by atoms with Crippen molar-refractivity contribution in [3.63, 3.8) is 0 Å². The molecule has 0 bridgehead atoms. The summed E-state index contributed by atoms with van der Waals surface area (Å²) in [6, 6.07) is 10.6. The Bertz CT molecular complexity index is 278. The lowest BCUT2D eigenvalue weighted by atomic mass is 9.89. The number of rotatable bonds is 2. The molecule has 15 heavy (non-hydrogen) atoms. The number of hydrogen-bond acceptors (Lipinski definition) is 2. The van der Waals surface area contributed by atoms with Crippen LogP contribution in [0, 0.1) is 0 Å². The maximum Gasteiger partial charge on any atom is 0.0664 e. The number of methoxy groups -OCH3 is 1. The summed E-state index contributed by atoms with van der Waals surface area (Å²) in [4.78, 5) is 0. The summed E-state index contributed by atoms with van der Waals surface area (Å²) in [5.41, 5.74) is 1.38. The van der Waals surface area contributed by atoms with Crippen molar-refractivity contribution in [1.29, 1.82) is 0 Å². The molecule has 3 heteroatoms. The van der Waals surface area contributed by atoms with E-state index in [9.17, 15) is 0 Å². The Labute approximate surface area is 97.4 Å². The van der Waals surface area contributed by atoms with E-state index in [0.717, 1.165) is 19.5 Å². The van der Waals surface area contributed by atoms with E-state index >= 15 is 0 Å². The summed E-state index contributed by atoms with van der Waals surface area (Å²) >= 11 is 0. The van der Waals surface area contributed by atoms with Crippen LogP contribution in [0.4, 0.5) is 0 Å². The van der Waals surface area contributed by atoms with Gasteiger partial charge in [-0.25, -0.2) is 0 Å². The highest BCUT2D eigenvalue weighted by Crippen LogP contribution is 2.25. The molecule has 1 heterocycles. The fraction of sp³-hybridized carbons (Fsp3) is 0.500. The van der Waals surface area contributed by atoms with E-state index in [1.54, 1.807) is 0 Å². The third kappa shape index (κ3) is 2.94. The monoisotopic (exact) mass is 227 g/mol. The number of nitrogens with one attached hydrogen (secondary N) is 1. The molecular weight excluding hydrogens is 210 g/mol. The number of hydrogen-bond donors (Lipinski definition) is 1. The fourth-order valence-electron chi connectivity index (χ4n) is 2.15. The summed E-state index contributed by atoms with van der Waals surface area (Å²) in [5, 5.41) is 3.42. The molecule has 0 saturated carbocycles. The van der Waals surface area contributed by atoms with E-state index in [1.807, 2.05) is 7.11 Å². The van der Waals surface area contributed by atoms with Gasteiger partial charge in [-0.15, -0.1) is 12.4 Å². The fourth-order valence-corrected chi connectivity index (χ4v) is 2.15. The molecule has 1 saturated heterocycles. The van der Waals surface area contributed by atoms with Gasteiger partial charge < -0.3 is 10.1 Å². The number of halogens is 1. The molecule has 1 aliphatic heterocycles. The molecule has 0 amide bonds. The Morgan fingerprint density at radius 2 is 2.00 bits per heavy atom. The van der Waals surface area contributed by atoms with Crippen molar-refractivity contribution in [3.8, 4) is 0 Å². The van der Waals surface area contributed by atoms with E-state index in [0.29, 0.717) is 12.0 Å². The molecule has 0 aliphatic carbocycles. The predicted molar refractivity (Wildman–Crippen MR) is 64.7 cm³/mol. The van der Waals surface area contributed by atoms with Crippen LogP contribution in [0.3, 0.4) is 0 Å². The first-order valence-corrected chi connectivity index (χ1v) is 5.20. The largest absolute Gasteiger partial charge is 0.381 e. The predicted octanol–water partition coefficient (Wildman–Crippen LogP) is 2.20. The zero-order chi connectivity index (χ0) is 9.80. The lowest BCUT2D eigenvalue weighted by molar-refractivity contribution is 0.0586. The number of benzene rings is 1. The molecule has 84 valence electrons. The van der Waals surface area contributed by atoms with Crippen LogP contribution >= 0.6 is 12.4 Å². The van der Waals surface area contributed by atoms with E-state index < -0.39 is 0 Å². The summed E-state index contributed by atoms with van der Waals surface area (Å²) in [7, 11) is 1.81. The topological polar surface area (TPSA) is 21.3 Å². The van der Waals surface area contributed by atoms with Gasteiger partial charge in [-0.1, -0.05) is 30.3 Å². The lowest BCUT2D eigenvalue weighted by Gasteiger charge is -2.31. The summed E-state index contributed by atoms with van der Waals surface area (Å²) in [5.74, 6) is 0.509. The van der Waals surface area contributed by atoms with Crippen LogP contribution in [-0.4, -0.2) is 26.3 Å². The van der Waals surface area contributed by atoms with Crippen molar-refractivity contribution in [3.05, 3.63) is 35.9 Å². The zero-order valence-corrected chi connectivity index (χ0v) is 9.80. The Kier molecular flexibility index (Phi) is 5.09. The van der Waals surface area contributed by atoms with Gasteiger partial charge in [0.15, 0.2) is 0 Å².